The first-order valence-corrected chi connectivity index (χ1v) is 7.66. The van der Waals surface area contributed by atoms with Crippen LogP contribution in [0.2, 0.25) is 5.02 Å². The minimum Gasteiger partial charge on any atom is -0.450 e. The quantitative estimate of drug-likeness (QED) is 0.830. The van der Waals surface area contributed by atoms with E-state index < -0.39 is 17.9 Å². The molecule has 1 saturated heterocycles. The first kappa shape index (κ1) is 17.1. The van der Waals surface area contributed by atoms with E-state index in [1.54, 1.807) is 31.2 Å². The number of piperazine rings is 1. The minimum absolute atomic E-state index is 0.292. The third-order valence-electron chi connectivity index (χ3n) is 3.37. The van der Waals surface area contributed by atoms with Crippen LogP contribution in [0.3, 0.4) is 0 Å². The third kappa shape index (κ3) is 4.59. The van der Waals surface area contributed by atoms with Gasteiger partial charge >= 0.3 is 17.9 Å². The predicted molar refractivity (Wildman–Crippen MR) is 85.3 cm³/mol. The number of carbonyl (C=O) groups excluding carboxylic acids is 3. The highest BCUT2D eigenvalue weighted by Crippen LogP contribution is 2.15. The van der Waals surface area contributed by atoms with Gasteiger partial charge in [0.15, 0.2) is 0 Å². The Bertz CT molecular complexity index is 600. The topological polar surface area (TPSA) is 79.0 Å². The Balaban J connectivity index is 1.87. The van der Waals surface area contributed by atoms with Crippen LogP contribution in [-0.2, 0) is 14.3 Å². The molecule has 1 aromatic carbocycles. The van der Waals surface area contributed by atoms with E-state index in [1.807, 2.05) is 0 Å². The van der Waals surface area contributed by atoms with E-state index in [0.29, 0.717) is 43.5 Å². The molecule has 0 radical (unpaired) electrons. The van der Waals surface area contributed by atoms with Crippen molar-refractivity contribution in [2.24, 2.45) is 0 Å². The predicted octanol–water partition coefficient (Wildman–Crippen LogP) is 1.58. The largest absolute Gasteiger partial charge is 0.450 e. The standard InChI is InChI=1S/C15H18ClN3O4/c1-2-23-15(22)19-8-6-18(7-9-19)14(21)13(20)17-12-5-3-4-11(16)10-12/h3-5,10H,2,6-9H2,1H3,(H,17,20). The molecule has 7 nitrogen and oxygen atoms in total. The highest BCUT2D eigenvalue weighted by molar-refractivity contribution is 6.39. The molecule has 0 bridgehead atoms. The fourth-order valence-electron chi connectivity index (χ4n) is 2.20. The number of hydrogen-bond donors (Lipinski definition) is 1. The van der Waals surface area contributed by atoms with Crippen LogP contribution in [0, 0.1) is 0 Å². The summed E-state index contributed by atoms with van der Waals surface area (Å²) in [7, 11) is 0. The van der Waals surface area contributed by atoms with Crippen LogP contribution in [0.15, 0.2) is 24.3 Å². The van der Waals surface area contributed by atoms with Gasteiger partial charge in [-0.15, -0.1) is 0 Å². The van der Waals surface area contributed by atoms with Crippen molar-refractivity contribution in [2.75, 3.05) is 38.1 Å². The summed E-state index contributed by atoms with van der Waals surface area (Å²) in [5, 5.41) is 2.98. The monoisotopic (exact) mass is 339 g/mol. The van der Waals surface area contributed by atoms with Crippen molar-refractivity contribution in [1.82, 2.24) is 9.80 Å². The number of hydrogen-bond acceptors (Lipinski definition) is 4. The van der Waals surface area contributed by atoms with E-state index in [4.69, 9.17) is 16.3 Å². The van der Waals surface area contributed by atoms with Gasteiger partial charge in [-0.1, -0.05) is 17.7 Å². The van der Waals surface area contributed by atoms with Gasteiger partial charge in [0.2, 0.25) is 0 Å². The Morgan fingerprint density at radius 3 is 2.43 bits per heavy atom. The van der Waals surface area contributed by atoms with E-state index in [0.717, 1.165) is 0 Å². The molecule has 1 N–H and O–H groups in total. The Hall–Kier alpha value is -2.28. The average molecular weight is 340 g/mol. The molecule has 8 heteroatoms. The molecule has 23 heavy (non-hydrogen) atoms. The molecule has 0 spiro atoms. The van der Waals surface area contributed by atoms with E-state index in [9.17, 15) is 14.4 Å². The number of carbonyl (C=O) groups is 3. The molecule has 0 unspecified atom stereocenters. The van der Waals surface area contributed by atoms with Gasteiger partial charge in [0.25, 0.3) is 0 Å². The van der Waals surface area contributed by atoms with Crippen molar-refractivity contribution in [2.45, 2.75) is 6.92 Å². The zero-order valence-corrected chi connectivity index (χ0v) is 13.5. The second-order valence-electron chi connectivity index (χ2n) is 4.94. The summed E-state index contributed by atoms with van der Waals surface area (Å²) >= 11 is 5.83. The zero-order chi connectivity index (χ0) is 16.8. The van der Waals surface area contributed by atoms with Gasteiger partial charge in [-0.3, -0.25) is 9.59 Å². The van der Waals surface area contributed by atoms with Crippen LogP contribution in [-0.4, -0.2) is 60.5 Å². The van der Waals surface area contributed by atoms with E-state index in [-0.39, 0.29) is 0 Å². The van der Waals surface area contributed by atoms with Crippen LogP contribution < -0.4 is 5.32 Å². The summed E-state index contributed by atoms with van der Waals surface area (Å²) in [6.45, 7) is 3.31. The van der Waals surface area contributed by atoms with Crippen LogP contribution in [0.5, 0.6) is 0 Å². The lowest BCUT2D eigenvalue weighted by atomic mass is 10.3. The fourth-order valence-corrected chi connectivity index (χ4v) is 2.39. The van der Waals surface area contributed by atoms with Crippen molar-refractivity contribution in [3.63, 3.8) is 0 Å². The first-order chi connectivity index (χ1) is 11.0. The van der Waals surface area contributed by atoms with Gasteiger partial charge in [-0.25, -0.2) is 4.79 Å². The summed E-state index contributed by atoms with van der Waals surface area (Å²) in [4.78, 5) is 38.6. The lowest BCUT2D eigenvalue weighted by Gasteiger charge is -2.33. The molecule has 124 valence electrons. The van der Waals surface area contributed by atoms with Crippen molar-refractivity contribution >= 4 is 35.2 Å². The van der Waals surface area contributed by atoms with Crippen LogP contribution >= 0.6 is 11.6 Å². The maximum absolute atomic E-state index is 12.1. The van der Waals surface area contributed by atoms with Gasteiger partial charge in [0.1, 0.15) is 0 Å². The molecule has 1 fully saturated rings. The van der Waals surface area contributed by atoms with Crippen molar-refractivity contribution < 1.29 is 19.1 Å². The fraction of sp³-hybridized carbons (Fsp3) is 0.400. The molecule has 1 heterocycles. The van der Waals surface area contributed by atoms with Crippen LogP contribution in [0.4, 0.5) is 10.5 Å². The highest BCUT2D eigenvalue weighted by atomic mass is 35.5. The second kappa shape index (κ2) is 7.82. The maximum Gasteiger partial charge on any atom is 0.409 e. The Kier molecular flexibility index (Phi) is 5.81. The number of rotatable bonds is 2. The number of anilines is 1. The number of halogens is 1. The molecule has 3 amide bonds. The zero-order valence-electron chi connectivity index (χ0n) is 12.8. The van der Waals surface area contributed by atoms with Gasteiger partial charge in [-0.05, 0) is 25.1 Å². The SMILES string of the molecule is CCOC(=O)N1CCN(C(=O)C(=O)Nc2cccc(Cl)c2)CC1. The number of nitrogens with one attached hydrogen (secondary N) is 1. The maximum atomic E-state index is 12.1. The summed E-state index contributed by atoms with van der Waals surface area (Å²) in [6.07, 6.45) is -0.400. The molecule has 0 atom stereocenters. The molecule has 1 aromatic rings. The van der Waals surface area contributed by atoms with Crippen molar-refractivity contribution in [3.8, 4) is 0 Å². The van der Waals surface area contributed by atoms with Crippen molar-refractivity contribution in [1.29, 1.82) is 0 Å². The Morgan fingerprint density at radius 1 is 1.17 bits per heavy atom. The second-order valence-corrected chi connectivity index (χ2v) is 5.38. The van der Waals surface area contributed by atoms with Gasteiger partial charge < -0.3 is 19.9 Å². The van der Waals surface area contributed by atoms with Crippen LogP contribution in [0.1, 0.15) is 6.92 Å². The normalized spacial score (nSPS) is 14.3. The molecule has 2 rings (SSSR count). The van der Waals surface area contributed by atoms with E-state index in [2.05, 4.69) is 5.32 Å². The van der Waals surface area contributed by atoms with Gasteiger partial charge in [0.05, 0.1) is 6.61 Å². The first-order valence-electron chi connectivity index (χ1n) is 7.28. The number of benzene rings is 1. The molecular weight excluding hydrogens is 322 g/mol. The highest BCUT2D eigenvalue weighted by Gasteiger charge is 2.28. The smallest absolute Gasteiger partial charge is 0.409 e. The Morgan fingerprint density at radius 2 is 1.83 bits per heavy atom. The molecule has 1 aliphatic rings. The summed E-state index contributed by atoms with van der Waals surface area (Å²) in [5.74, 6) is -1.36. The van der Waals surface area contributed by atoms with Gasteiger partial charge in [0, 0.05) is 36.9 Å². The third-order valence-corrected chi connectivity index (χ3v) is 3.60. The van der Waals surface area contributed by atoms with Crippen LogP contribution in [0.25, 0.3) is 0 Å². The Labute approximate surface area is 139 Å². The molecule has 0 aromatic heterocycles. The van der Waals surface area contributed by atoms with Crippen molar-refractivity contribution in [3.05, 3.63) is 29.3 Å². The molecule has 0 aliphatic carbocycles. The summed E-state index contributed by atoms with van der Waals surface area (Å²) < 4.78 is 4.91. The lowest BCUT2D eigenvalue weighted by molar-refractivity contribution is -0.144. The molecular formula is C15H18ClN3O4. The molecule has 0 saturated carbocycles. The average Bonchev–Trinajstić information content (AvgIpc) is 2.54. The van der Waals surface area contributed by atoms with E-state index >= 15 is 0 Å². The summed E-state index contributed by atoms with van der Waals surface area (Å²) in [5.41, 5.74) is 0.459. The van der Waals surface area contributed by atoms with E-state index in [1.165, 1.54) is 9.80 Å². The van der Waals surface area contributed by atoms with Gasteiger partial charge in [-0.2, -0.15) is 0 Å². The number of amides is 3. The lowest BCUT2D eigenvalue weighted by Crippen LogP contribution is -2.53. The number of nitrogens with zero attached hydrogens (tertiary/aromatic N) is 2. The minimum atomic E-state index is -0.725. The summed E-state index contributed by atoms with van der Waals surface area (Å²) in [6, 6.07) is 6.56. The molecule has 1 aliphatic heterocycles. The number of ether oxygens (including phenoxy) is 1.